The van der Waals surface area contributed by atoms with E-state index in [-0.39, 0.29) is 43.3 Å². The Morgan fingerprint density at radius 3 is 2.81 bits per heavy atom. The molecule has 0 unspecified atom stereocenters. The summed E-state index contributed by atoms with van der Waals surface area (Å²) in [5.74, 6) is 0.523. The van der Waals surface area contributed by atoms with Crippen molar-refractivity contribution in [2.75, 3.05) is 36.1 Å². The third-order valence-corrected chi connectivity index (χ3v) is 7.33. The van der Waals surface area contributed by atoms with Gasteiger partial charge in [-0.25, -0.2) is 4.79 Å². The Hall–Kier alpha value is -2.55. The van der Waals surface area contributed by atoms with Gasteiger partial charge in [-0.15, -0.1) is 0 Å². The predicted molar refractivity (Wildman–Crippen MR) is 117 cm³/mol. The van der Waals surface area contributed by atoms with Crippen LogP contribution in [-0.4, -0.2) is 76.4 Å². The highest BCUT2D eigenvalue weighted by atomic mass is 32.2. The molecule has 2 saturated heterocycles. The van der Waals surface area contributed by atoms with E-state index >= 15 is 0 Å². The lowest BCUT2D eigenvalue weighted by Crippen LogP contribution is -2.62. The van der Waals surface area contributed by atoms with E-state index in [2.05, 4.69) is 0 Å². The van der Waals surface area contributed by atoms with Gasteiger partial charge in [-0.2, -0.15) is 11.8 Å². The van der Waals surface area contributed by atoms with Gasteiger partial charge in [0.2, 0.25) is 11.8 Å². The third-order valence-electron chi connectivity index (χ3n) is 6.30. The Morgan fingerprint density at radius 1 is 1.26 bits per heavy atom. The molecule has 0 saturated carbocycles. The van der Waals surface area contributed by atoms with Crippen LogP contribution in [0.4, 0.5) is 5.69 Å². The van der Waals surface area contributed by atoms with E-state index in [4.69, 9.17) is 4.74 Å². The molecule has 3 aliphatic heterocycles. The van der Waals surface area contributed by atoms with Crippen LogP contribution >= 0.6 is 11.8 Å². The highest BCUT2D eigenvalue weighted by Gasteiger charge is 2.53. The second-order valence-corrected chi connectivity index (χ2v) is 9.25. The molecule has 2 fully saturated rings. The summed E-state index contributed by atoms with van der Waals surface area (Å²) < 4.78 is 5.14. The summed E-state index contributed by atoms with van der Waals surface area (Å²) >= 11 is 1.63. The summed E-state index contributed by atoms with van der Waals surface area (Å²) in [4.78, 5) is 56.3. The number of thioether (sulfide) groups is 1. The minimum Gasteiger partial charge on any atom is -0.464 e. The number of ether oxygens (including phenoxy) is 1. The van der Waals surface area contributed by atoms with Crippen molar-refractivity contribution < 1.29 is 23.9 Å². The average molecular weight is 446 g/mol. The van der Waals surface area contributed by atoms with Crippen LogP contribution in [0.5, 0.6) is 0 Å². The first-order valence-corrected chi connectivity index (χ1v) is 11.8. The maximum atomic E-state index is 13.3. The molecule has 0 bridgehead atoms. The number of para-hydroxylation sites is 1. The predicted octanol–water partition coefficient (Wildman–Crippen LogP) is 1.88. The van der Waals surface area contributed by atoms with E-state index in [1.807, 2.05) is 13.0 Å². The number of carbonyl (C=O) groups is 4. The molecule has 0 N–H and O–H groups in total. The van der Waals surface area contributed by atoms with Gasteiger partial charge in [0, 0.05) is 37.4 Å². The standard InChI is InChI=1S/C22H27N3O5S/c1-3-30-21(29)17-14-31-13-12-23(17)18(26)9-11-24-20(28)15-6-4-5-7-16(15)25-19(27)8-10-22(24,25)2/h4-7,17H,3,8-14H2,1-2H3/t17-,22+/m0/s1. The van der Waals surface area contributed by atoms with Gasteiger partial charge in [-0.1, -0.05) is 12.1 Å². The van der Waals surface area contributed by atoms with E-state index in [9.17, 15) is 19.2 Å². The lowest BCUT2D eigenvalue weighted by Gasteiger charge is -2.48. The van der Waals surface area contributed by atoms with Gasteiger partial charge in [0.15, 0.2) is 0 Å². The van der Waals surface area contributed by atoms with E-state index in [0.717, 1.165) is 5.75 Å². The summed E-state index contributed by atoms with van der Waals surface area (Å²) in [5.41, 5.74) is 0.318. The molecule has 0 aromatic heterocycles. The second kappa shape index (κ2) is 8.53. The van der Waals surface area contributed by atoms with Crippen LogP contribution < -0.4 is 4.90 Å². The van der Waals surface area contributed by atoms with Gasteiger partial charge >= 0.3 is 5.97 Å². The van der Waals surface area contributed by atoms with E-state index < -0.39 is 11.7 Å². The molecule has 3 aliphatic rings. The number of hydrogen-bond acceptors (Lipinski definition) is 6. The average Bonchev–Trinajstić information content (AvgIpc) is 3.08. The van der Waals surface area contributed by atoms with Crippen LogP contribution in [0.15, 0.2) is 24.3 Å². The number of fused-ring (bicyclic) bond motifs is 3. The lowest BCUT2D eigenvalue weighted by atomic mass is 9.98. The van der Waals surface area contributed by atoms with Crippen LogP contribution in [0.1, 0.15) is 43.5 Å². The van der Waals surface area contributed by atoms with Gasteiger partial charge in [0.25, 0.3) is 5.91 Å². The van der Waals surface area contributed by atoms with E-state index in [0.29, 0.717) is 36.4 Å². The summed E-state index contributed by atoms with van der Waals surface area (Å²) in [6.07, 6.45) is 0.967. The zero-order valence-corrected chi connectivity index (χ0v) is 18.7. The molecule has 1 aromatic rings. The minimum atomic E-state index is -0.791. The normalized spacial score (nSPS) is 25.4. The number of rotatable bonds is 5. The molecular weight excluding hydrogens is 418 g/mol. The molecule has 166 valence electrons. The van der Waals surface area contributed by atoms with E-state index in [1.165, 1.54) is 0 Å². The van der Waals surface area contributed by atoms with Gasteiger partial charge < -0.3 is 14.5 Å². The van der Waals surface area contributed by atoms with Crippen molar-refractivity contribution >= 4 is 41.1 Å². The number of carbonyl (C=O) groups excluding carboxylic acids is 4. The fourth-order valence-corrected chi connectivity index (χ4v) is 5.76. The molecule has 1 aromatic carbocycles. The molecular formula is C22H27N3O5S. The summed E-state index contributed by atoms with van der Waals surface area (Å²) in [6, 6.07) is 6.52. The fourth-order valence-electron chi connectivity index (χ4n) is 4.73. The molecule has 2 atom stereocenters. The first-order valence-electron chi connectivity index (χ1n) is 10.7. The Labute approximate surface area is 185 Å². The quantitative estimate of drug-likeness (QED) is 0.644. The maximum Gasteiger partial charge on any atom is 0.329 e. The summed E-state index contributed by atoms with van der Waals surface area (Å²) in [5, 5.41) is 0. The van der Waals surface area contributed by atoms with Crippen LogP contribution in [-0.2, 0) is 19.1 Å². The molecule has 31 heavy (non-hydrogen) atoms. The van der Waals surface area contributed by atoms with Gasteiger partial charge in [0.05, 0.1) is 17.9 Å². The molecule has 3 amide bonds. The first-order chi connectivity index (χ1) is 14.9. The minimum absolute atomic E-state index is 0.0193. The number of nitrogens with zero attached hydrogens (tertiary/aromatic N) is 3. The Bertz CT molecular complexity index is 922. The number of anilines is 1. The smallest absolute Gasteiger partial charge is 0.329 e. The molecule has 9 heteroatoms. The number of hydrogen-bond donors (Lipinski definition) is 0. The maximum absolute atomic E-state index is 13.3. The zero-order valence-electron chi connectivity index (χ0n) is 17.8. The van der Waals surface area contributed by atoms with Crippen LogP contribution in [0.25, 0.3) is 0 Å². The first kappa shape index (κ1) is 21.7. The van der Waals surface area contributed by atoms with Crippen molar-refractivity contribution in [2.24, 2.45) is 0 Å². The van der Waals surface area contributed by atoms with Crippen molar-refractivity contribution in [3.8, 4) is 0 Å². The lowest BCUT2D eigenvalue weighted by molar-refractivity contribution is -0.154. The molecule has 8 nitrogen and oxygen atoms in total. The van der Waals surface area contributed by atoms with E-state index in [1.54, 1.807) is 51.6 Å². The zero-order chi connectivity index (χ0) is 22.2. The third kappa shape index (κ3) is 3.69. The van der Waals surface area contributed by atoms with Crippen molar-refractivity contribution in [3.63, 3.8) is 0 Å². The van der Waals surface area contributed by atoms with Gasteiger partial charge in [-0.3, -0.25) is 19.3 Å². The van der Waals surface area contributed by atoms with Crippen molar-refractivity contribution in [1.82, 2.24) is 9.80 Å². The Balaban J connectivity index is 1.54. The van der Waals surface area contributed by atoms with Crippen LogP contribution in [0.2, 0.25) is 0 Å². The molecule has 4 rings (SSSR count). The highest BCUT2D eigenvalue weighted by molar-refractivity contribution is 7.99. The largest absolute Gasteiger partial charge is 0.464 e. The SMILES string of the molecule is CCOC(=O)[C@@H]1CSCCN1C(=O)CCN1C(=O)c2ccccc2N2C(=O)CC[C@]12C. The van der Waals surface area contributed by atoms with Crippen molar-refractivity contribution in [2.45, 2.75) is 44.8 Å². The van der Waals surface area contributed by atoms with Crippen LogP contribution in [0.3, 0.4) is 0 Å². The van der Waals surface area contributed by atoms with Gasteiger partial charge in [0.1, 0.15) is 11.7 Å². The molecule has 0 radical (unpaired) electrons. The molecule has 0 spiro atoms. The van der Waals surface area contributed by atoms with Crippen molar-refractivity contribution in [1.29, 1.82) is 0 Å². The Morgan fingerprint density at radius 2 is 2.03 bits per heavy atom. The Kier molecular flexibility index (Phi) is 5.96. The number of esters is 1. The fraction of sp³-hybridized carbons (Fsp3) is 0.545. The molecule has 3 heterocycles. The van der Waals surface area contributed by atoms with Crippen LogP contribution in [0, 0.1) is 0 Å². The van der Waals surface area contributed by atoms with Crippen molar-refractivity contribution in [3.05, 3.63) is 29.8 Å². The monoisotopic (exact) mass is 445 g/mol. The number of amides is 3. The summed E-state index contributed by atoms with van der Waals surface area (Å²) in [6.45, 7) is 4.56. The second-order valence-electron chi connectivity index (χ2n) is 8.10. The number of benzene rings is 1. The highest BCUT2D eigenvalue weighted by Crippen LogP contribution is 2.44. The molecule has 0 aliphatic carbocycles. The topological polar surface area (TPSA) is 87.2 Å². The van der Waals surface area contributed by atoms with Gasteiger partial charge in [-0.05, 0) is 32.4 Å². The summed E-state index contributed by atoms with van der Waals surface area (Å²) in [7, 11) is 0.